The van der Waals surface area contributed by atoms with E-state index in [0.29, 0.717) is 17.0 Å². The van der Waals surface area contributed by atoms with E-state index in [0.717, 1.165) is 28.0 Å². The van der Waals surface area contributed by atoms with Crippen LogP contribution < -0.4 is 0 Å². The molecule has 0 saturated carbocycles. The molecule has 180 valence electrons. The van der Waals surface area contributed by atoms with E-state index in [-0.39, 0.29) is 23.5 Å². The van der Waals surface area contributed by atoms with Crippen LogP contribution in [0, 0.1) is 6.92 Å². The Morgan fingerprint density at radius 1 is 0.703 bits per heavy atom. The van der Waals surface area contributed by atoms with Gasteiger partial charge in [-0.15, -0.1) is 11.8 Å². The number of fused-ring (bicyclic) bond motifs is 9. The minimum atomic E-state index is -1.32. The smallest absolute Gasteiger partial charge is 0.193 e. The highest BCUT2D eigenvalue weighted by Gasteiger charge is 2.80. The first-order chi connectivity index (χ1) is 18.1. The summed E-state index contributed by atoms with van der Waals surface area (Å²) >= 11 is 1.84. The Balaban J connectivity index is 1.57. The van der Waals surface area contributed by atoms with Gasteiger partial charge in [0.15, 0.2) is 17.1 Å². The summed E-state index contributed by atoms with van der Waals surface area (Å²) in [7, 11) is 0. The summed E-state index contributed by atoms with van der Waals surface area (Å²) in [4.78, 5) is 32.1. The number of Topliss-reactive ketones (excluding diaryl/α,β-unsaturated/α-hetero) is 2. The van der Waals surface area contributed by atoms with Crippen LogP contribution in [0.15, 0.2) is 97.1 Å². The van der Waals surface area contributed by atoms with E-state index in [9.17, 15) is 9.59 Å². The predicted octanol–water partition coefficient (Wildman–Crippen LogP) is 6.25. The summed E-state index contributed by atoms with van der Waals surface area (Å²) in [6.07, 6.45) is 0. The van der Waals surface area contributed by atoms with Gasteiger partial charge in [0.05, 0.1) is 5.41 Å². The van der Waals surface area contributed by atoms with Gasteiger partial charge < -0.3 is 0 Å². The second-order valence-corrected chi connectivity index (χ2v) is 11.7. The number of ketones is 2. The zero-order valence-electron chi connectivity index (χ0n) is 20.5. The molecule has 8 rings (SSSR count). The summed E-state index contributed by atoms with van der Waals surface area (Å²) in [6, 6.07) is 33.3. The summed E-state index contributed by atoms with van der Waals surface area (Å²) in [5.41, 5.74) is 5.88. The molecule has 3 nitrogen and oxygen atoms in total. The Labute approximate surface area is 220 Å². The van der Waals surface area contributed by atoms with Crippen molar-refractivity contribution in [2.75, 3.05) is 11.6 Å². The molecule has 37 heavy (non-hydrogen) atoms. The van der Waals surface area contributed by atoms with Crippen LogP contribution >= 0.6 is 11.8 Å². The number of aryl methyl sites for hydroxylation is 1. The highest BCUT2D eigenvalue weighted by molar-refractivity contribution is 7.99. The van der Waals surface area contributed by atoms with E-state index >= 15 is 0 Å². The number of carbonyl (C=O) groups excluding carboxylic acids is 2. The Kier molecular flexibility index (Phi) is 4.27. The van der Waals surface area contributed by atoms with Gasteiger partial charge in [-0.1, -0.05) is 103 Å². The number of nitrogens with zero attached hydrogens (tertiary/aromatic N) is 1. The number of hydrogen-bond acceptors (Lipinski definition) is 4. The largest absolute Gasteiger partial charge is 0.291 e. The highest BCUT2D eigenvalue weighted by atomic mass is 32.2. The lowest BCUT2D eigenvalue weighted by Gasteiger charge is -2.46. The van der Waals surface area contributed by atoms with Crippen LogP contribution in [0.25, 0.3) is 11.1 Å². The Hall–Kier alpha value is -3.47. The van der Waals surface area contributed by atoms with Crippen LogP contribution in [0.5, 0.6) is 0 Å². The van der Waals surface area contributed by atoms with Crippen molar-refractivity contribution >= 4 is 23.3 Å². The maximum atomic E-state index is 14.9. The van der Waals surface area contributed by atoms with Gasteiger partial charge in [0.2, 0.25) is 0 Å². The third-order valence-electron chi connectivity index (χ3n) is 9.28. The summed E-state index contributed by atoms with van der Waals surface area (Å²) in [6.45, 7) is 2.11. The summed E-state index contributed by atoms with van der Waals surface area (Å²) < 4.78 is 0. The highest BCUT2D eigenvalue weighted by Crippen LogP contribution is 2.70. The molecule has 2 fully saturated rings. The fourth-order valence-corrected chi connectivity index (χ4v) is 9.35. The molecular weight excluding hydrogens is 474 g/mol. The molecule has 4 aliphatic rings. The van der Waals surface area contributed by atoms with Gasteiger partial charge in [0.1, 0.15) is 0 Å². The van der Waals surface area contributed by atoms with Gasteiger partial charge in [0, 0.05) is 34.7 Å². The lowest BCUT2D eigenvalue weighted by molar-refractivity contribution is 0.0515. The van der Waals surface area contributed by atoms with Crippen molar-refractivity contribution in [2.24, 2.45) is 0 Å². The predicted molar refractivity (Wildman–Crippen MR) is 147 cm³/mol. The van der Waals surface area contributed by atoms with Crippen molar-refractivity contribution in [3.05, 3.63) is 130 Å². The Bertz CT molecular complexity index is 1560. The lowest BCUT2D eigenvalue weighted by atomic mass is 9.55. The first kappa shape index (κ1) is 21.6. The average Bonchev–Trinajstić information content (AvgIpc) is 3.64. The third-order valence-corrected chi connectivity index (χ3v) is 10.3. The molecule has 2 atom stereocenters. The van der Waals surface area contributed by atoms with Crippen LogP contribution in [0.3, 0.4) is 0 Å². The van der Waals surface area contributed by atoms with Crippen molar-refractivity contribution in [3.63, 3.8) is 0 Å². The first-order valence-electron chi connectivity index (χ1n) is 12.9. The van der Waals surface area contributed by atoms with Crippen molar-refractivity contribution < 1.29 is 9.59 Å². The molecule has 2 aliphatic heterocycles. The maximum Gasteiger partial charge on any atom is 0.193 e. The number of thioether (sulfide) groups is 1. The fourth-order valence-electron chi connectivity index (χ4n) is 8.05. The van der Waals surface area contributed by atoms with Crippen LogP contribution in [0.2, 0.25) is 0 Å². The quantitative estimate of drug-likeness (QED) is 0.290. The molecule has 4 heteroatoms. The van der Waals surface area contributed by atoms with Crippen molar-refractivity contribution in [2.45, 2.75) is 29.8 Å². The topological polar surface area (TPSA) is 37.4 Å². The zero-order valence-corrected chi connectivity index (χ0v) is 21.3. The standard InChI is InChI=1S/C33H25NO2S/c1-20-14-16-21(17-15-20)29-28-18-37-19-34(28)33(30(35)24-10-2-3-11-25(24)31(33)36)32(29)26-12-6-4-8-22(26)23-9-5-7-13-27(23)32/h2-17,28-29H,18-19H2,1H3. The zero-order chi connectivity index (χ0) is 24.9. The van der Waals surface area contributed by atoms with Crippen molar-refractivity contribution in [1.82, 2.24) is 4.90 Å². The molecule has 2 unspecified atom stereocenters. The van der Waals surface area contributed by atoms with Gasteiger partial charge >= 0.3 is 0 Å². The molecule has 0 amide bonds. The number of benzene rings is 4. The van der Waals surface area contributed by atoms with E-state index in [4.69, 9.17) is 0 Å². The summed E-state index contributed by atoms with van der Waals surface area (Å²) in [5, 5.41) is 0. The van der Waals surface area contributed by atoms with Crippen LogP contribution in [0.4, 0.5) is 0 Å². The maximum absolute atomic E-state index is 14.9. The molecular formula is C33H25NO2S. The Morgan fingerprint density at radius 3 is 1.78 bits per heavy atom. The summed E-state index contributed by atoms with van der Waals surface area (Å²) in [5.74, 6) is 1.44. The van der Waals surface area contributed by atoms with E-state index < -0.39 is 11.0 Å². The molecule has 2 heterocycles. The Morgan fingerprint density at radius 2 is 1.22 bits per heavy atom. The van der Waals surface area contributed by atoms with Crippen molar-refractivity contribution in [3.8, 4) is 11.1 Å². The SMILES string of the molecule is Cc1ccc(C2C3CSCN3C3(C(=O)c4ccccc4C3=O)C23c2ccccc2-c2ccccc23)cc1. The fraction of sp³-hybridized carbons (Fsp3) is 0.212. The lowest BCUT2D eigenvalue weighted by Crippen LogP contribution is -2.64. The van der Waals surface area contributed by atoms with Crippen molar-refractivity contribution in [1.29, 1.82) is 0 Å². The molecule has 4 aromatic carbocycles. The third kappa shape index (κ3) is 2.31. The number of rotatable bonds is 1. The average molecular weight is 500 g/mol. The van der Waals surface area contributed by atoms with E-state index in [1.807, 2.05) is 36.0 Å². The van der Waals surface area contributed by atoms with Gasteiger partial charge in [0.25, 0.3) is 0 Å². The molecule has 0 N–H and O–H groups in total. The van der Waals surface area contributed by atoms with Crippen LogP contribution in [0.1, 0.15) is 48.9 Å². The molecule has 0 radical (unpaired) electrons. The van der Waals surface area contributed by atoms with Gasteiger partial charge in [-0.05, 0) is 34.7 Å². The van der Waals surface area contributed by atoms with Crippen LogP contribution in [-0.2, 0) is 5.41 Å². The van der Waals surface area contributed by atoms with Gasteiger partial charge in [-0.3, -0.25) is 14.5 Å². The van der Waals surface area contributed by atoms with Gasteiger partial charge in [-0.25, -0.2) is 0 Å². The molecule has 2 spiro atoms. The van der Waals surface area contributed by atoms with E-state index in [1.165, 1.54) is 11.1 Å². The molecule has 0 bridgehead atoms. The minimum Gasteiger partial charge on any atom is -0.291 e. The number of carbonyl (C=O) groups is 2. The van der Waals surface area contributed by atoms with Gasteiger partial charge in [-0.2, -0.15) is 0 Å². The second-order valence-electron chi connectivity index (χ2n) is 10.7. The van der Waals surface area contributed by atoms with E-state index in [2.05, 4.69) is 84.6 Å². The molecule has 2 saturated heterocycles. The molecule has 4 aromatic rings. The molecule has 2 aliphatic carbocycles. The second kappa shape index (κ2) is 7.31. The van der Waals surface area contributed by atoms with Crippen LogP contribution in [-0.4, -0.2) is 39.7 Å². The van der Waals surface area contributed by atoms with E-state index in [1.54, 1.807) is 0 Å². The monoisotopic (exact) mass is 499 g/mol. The molecule has 0 aromatic heterocycles. The first-order valence-corrected chi connectivity index (χ1v) is 14.1. The minimum absolute atomic E-state index is 0.0401. The normalized spacial score (nSPS) is 23.9. The number of hydrogen-bond donors (Lipinski definition) is 0.